The smallest absolute Gasteiger partial charge is 0.316 e. The van der Waals surface area contributed by atoms with Crippen LogP contribution in [0.15, 0.2) is 60.7 Å². The minimum Gasteiger partial charge on any atom is -0.426 e. The van der Waals surface area contributed by atoms with Crippen molar-refractivity contribution in [3.63, 3.8) is 0 Å². The number of carbonyl (C=O) groups excluding carboxylic acids is 4. The molecule has 7 nitrogen and oxygen atoms in total. The SMILES string of the molecule is O=C(Oc1cccc(N2C(=O)[C@@H]3[C@H]4C=C[C@@H]([C@@H]5C[C@H]45)[C@H]3C2=O)c1)[C@H]1CC(=O)N(c2ccccc2Cl)C1. The number of allylic oxidation sites excluding steroid dienone is 2. The molecule has 0 N–H and O–H groups in total. The third-order valence-electron chi connectivity index (χ3n) is 8.56. The summed E-state index contributed by atoms with van der Waals surface area (Å²) in [5.74, 6) is -0.683. The predicted molar refractivity (Wildman–Crippen MR) is 131 cm³/mol. The number of halogens is 1. The maximum Gasteiger partial charge on any atom is 0.316 e. The van der Waals surface area contributed by atoms with Gasteiger partial charge in [-0.15, -0.1) is 0 Å². The van der Waals surface area contributed by atoms with Gasteiger partial charge in [0.05, 0.1) is 34.2 Å². The van der Waals surface area contributed by atoms with E-state index in [1.165, 1.54) is 9.80 Å². The number of hydrogen-bond donors (Lipinski definition) is 0. The normalized spacial score (nSPS) is 33.7. The summed E-state index contributed by atoms with van der Waals surface area (Å²) in [5, 5.41) is 0.439. The van der Waals surface area contributed by atoms with E-state index in [2.05, 4.69) is 12.2 Å². The lowest BCUT2D eigenvalue weighted by molar-refractivity contribution is -0.139. The summed E-state index contributed by atoms with van der Waals surface area (Å²) in [6.07, 6.45) is 5.41. The molecule has 2 heterocycles. The molecule has 2 saturated heterocycles. The number of amides is 3. The van der Waals surface area contributed by atoms with Crippen molar-refractivity contribution in [1.82, 2.24) is 0 Å². The third kappa shape index (κ3) is 3.11. The summed E-state index contributed by atoms with van der Waals surface area (Å²) < 4.78 is 5.62. The number of para-hydroxylation sites is 1. The van der Waals surface area contributed by atoms with Gasteiger partial charge in [0.15, 0.2) is 0 Å². The largest absolute Gasteiger partial charge is 0.426 e. The molecular formula is C28H23ClN2O5. The molecule has 2 aromatic rings. The number of rotatable bonds is 4. The molecule has 0 radical (unpaired) electrons. The molecule has 7 atom stereocenters. The number of ether oxygens (including phenoxy) is 1. The molecule has 2 bridgehead atoms. The quantitative estimate of drug-likeness (QED) is 0.274. The zero-order valence-electron chi connectivity index (χ0n) is 19.2. The van der Waals surface area contributed by atoms with Gasteiger partial charge in [-0.05, 0) is 54.4 Å². The average molecular weight is 503 g/mol. The molecule has 4 fully saturated rings. The first-order chi connectivity index (χ1) is 17.4. The topological polar surface area (TPSA) is 84.0 Å². The molecule has 4 aliphatic carbocycles. The molecule has 36 heavy (non-hydrogen) atoms. The fraction of sp³-hybridized carbons (Fsp3) is 0.357. The van der Waals surface area contributed by atoms with E-state index in [0.29, 0.717) is 28.2 Å². The maximum absolute atomic E-state index is 13.4. The van der Waals surface area contributed by atoms with Crippen molar-refractivity contribution in [3.05, 3.63) is 65.7 Å². The number of anilines is 2. The highest BCUT2D eigenvalue weighted by Gasteiger charge is 2.67. The second-order valence-corrected chi connectivity index (χ2v) is 10.8. The molecular weight excluding hydrogens is 480 g/mol. The minimum atomic E-state index is -0.649. The number of hydrogen-bond acceptors (Lipinski definition) is 5. The Balaban J connectivity index is 1.08. The lowest BCUT2D eigenvalue weighted by atomic mass is 9.63. The van der Waals surface area contributed by atoms with Crippen LogP contribution in [0.2, 0.25) is 5.02 Å². The molecule has 2 aromatic carbocycles. The Kier molecular flexibility index (Phi) is 4.71. The highest BCUT2D eigenvalue weighted by molar-refractivity contribution is 6.34. The Hall–Kier alpha value is -3.45. The summed E-state index contributed by atoms with van der Waals surface area (Å²) in [7, 11) is 0. The number of imide groups is 1. The van der Waals surface area contributed by atoms with E-state index >= 15 is 0 Å². The third-order valence-corrected chi connectivity index (χ3v) is 8.88. The first-order valence-electron chi connectivity index (χ1n) is 12.3. The van der Waals surface area contributed by atoms with Gasteiger partial charge in [0.1, 0.15) is 5.75 Å². The van der Waals surface area contributed by atoms with Crippen LogP contribution in [0.25, 0.3) is 0 Å². The lowest BCUT2D eigenvalue weighted by Crippen LogP contribution is -2.40. The second kappa shape index (κ2) is 7.77. The Bertz CT molecular complexity index is 1340. The zero-order valence-corrected chi connectivity index (χ0v) is 20.0. The maximum atomic E-state index is 13.4. The Morgan fingerprint density at radius 1 is 0.917 bits per heavy atom. The van der Waals surface area contributed by atoms with Gasteiger partial charge >= 0.3 is 5.97 Å². The van der Waals surface area contributed by atoms with Crippen molar-refractivity contribution >= 4 is 46.7 Å². The van der Waals surface area contributed by atoms with E-state index < -0.39 is 11.9 Å². The van der Waals surface area contributed by atoms with Crippen LogP contribution in [0.3, 0.4) is 0 Å². The van der Waals surface area contributed by atoms with Crippen molar-refractivity contribution < 1.29 is 23.9 Å². The Labute approximate surface area is 212 Å². The molecule has 6 aliphatic rings. The van der Waals surface area contributed by atoms with Gasteiger partial charge in [-0.1, -0.05) is 42.0 Å². The van der Waals surface area contributed by atoms with Gasteiger partial charge < -0.3 is 9.64 Å². The van der Waals surface area contributed by atoms with Gasteiger partial charge in [-0.25, -0.2) is 4.90 Å². The monoisotopic (exact) mass is 502 g/mol. The van der Waals surface area contributed by atoms with Gasteiger partial charge in [-0.3, -0.25) is 19.2 Å². The molecule has 182 valence electrons. The number of benzene rings is 2. The van der Waals surface area contributed by atoms with Crippen LogP contribution in [0.1, 0.15) is 12.8 Å². The second-order valence-electron chi connectivity index (χ2n) is 10.4. The number of esters is 1. The molecule has 3 amide bonds. The van der Waals surface area contributed by atoms with Gasteiger partial charge in [0.2, 0.25) is 17.7 Å². The van der Waals surface area contributed by atoms with Crippen LogP contribution in [0.5, 0.6) is 5.75 Å². The standard InChI is InChI=1S/C28H23ClN2O5/c29-21-6-1-2-7-22(21)30-13-14(10-23(30)32)28(35)36-16-5-3-4-15(11-16)31-26(33)24-17-8-9-18(20-12-19(17)20)25(24)27(31)34/h1-9,11,14,17-20,24-25H,10,12-13H2/t14-,17-,18-,19-,20+,24+,25+/m0/s1. The van der Waals surface area contributed by atoms with Crippen LogP contribution < -0.4 is 14.5 Å². The summed E-state index contributed by atoms with van der Waals surface area (Å²) in [6, 6.07) is 13.5. The molecule has 0 unspecified atom stereocenters. The highest BCUT2D eigenvalue weighted by atomic mass is 35.5. The van der Waals surface area contributed by atoms with Crippen molar-refractivity contribution in [2.75, 3.05) is 16.3 Å². The number of nitrogens with zero attached hydrogens (tertiary/aromatic N) is 2. The fourth-order valence-corrected chi connectivity index (χ4v) is 7.10. The minimum absolute atomic E-state index is 0.0221. The molecule has 8 rings (SSSR count). The lowest BCUT2D eigenvalue weighted by Gasteiger charge is -2.37. The van der Waals surface area contributed by atoms with Crippen molar-refractivity contribution in [3.8, 4) is 5.75 Å². The van der Waals surface area contributed by atoms with Gasteiger partial charge in [0, 0.05) is 19.0 Å². The van der Waals surface area contributed by atoms with Gasteiger partial charge in [0.25, 0.3) is 0 Å². The highest BCUT2D eigenvalue weighted by Crippen LogP contribution is 2.65. The Morgan fingerprint density at radius 2 is 1.61 bits per heavy atom. The van der Waals surface area contributed by atoms with Gasteiger partial charge in [-0.2, -0.15) is 0 Å². The molecule has 0 aromatic heterocycles. The van der Waals surface area contributed by atoms with Crippen molar-refractivity contribution in [2.24, 2.45) is 41.4 Å². The molecule has 2 saturated carbocycles. The number of carbonyl (C=O) groups is 4. The summed E-state index contributed by atoms with van der Waals surface area (Å²) in [4.78, 5) is 55.1. The summed E-state index contributed by atoms with van der Waals surface area (Å²) in [5.41, 5.74) is 0.980. The molecule has 0 spiro atoms. The zero-order chi connectivity index (χ0) is 24.7. The molecule has 8 heteroatoms. The van der Waals surface area contributed by atoms with Crippen molar-refractivity contribution in [1.29, 1.82) is 0 Å². The van der Waals surface area contributed by atoms with Crippen LogP contribution in [0.4, 0.5) is 11.4 Å². The van der Waals surface area contributed by atoms with E-state index in [0.717, 1.165) is 6.42 Å². The summed E-state index contributed by atoms with van der Waals surface area (Å²) in [6.45, 7) is 0.172. The van der Waals surface area contributed by atoms with E-state index in [1.807, 2.05) is 0 Å². The summed E-state index contributed by atoms with van der Waals surface area (Å²) >= 11 is 6.23. The van der Waals surface area contributed by atoms with Crippen LogP contribution in [0, 0.1) is 41.4 Å². The first-order valence-corrected chi connectivity index (χ1v) is 12.7. The predicted octanol–water partition coefficient (Wildman–Crippen LogP) is 3.86. The Morgan fingerprint density at radius 3 is 2.31 bits per heavy atom. The van der Waals surface area contributed by atoms with E-state index in [9.17, 15) is 19.2 Å². The van der Waals surface area contributed by atoms with E-state index in [-0.39, 0.29) is 60.1 Å². The first kappa shape index (κ1) is 21.8. The van der Waals surface area contributed by atoms with Crippen LogP contribution in [-0.4, -0.2) is 30.2 Å². The van der Waals surface area contributed by atoms with E-state index in [4.69, 9.17) is 16.3 Å². The fourth-order valence-electron chi connectivity index (χ4n) is 6.87. The van der Waals surface area contributed by atoms with Crippen LogP contribution in [-0.2, 0) is 19.2 Å². The van der Waals surface area contributed by atoms with Crippen LogP contribution >= 0.6 is 11.6 Å². The molecule has 2 aliphatic heterocycles. The van der Waals surface area contributed by atoms with Crippen molar-refractivity contribution in [2.45, 2.75) is 12.8 Å². The average Bonchev–Trinajstić information content (AvgIpc) is 3.55. The van der Waals surface area contributed by atoms with E-state index in [1.54, 1.807) is 48.5 Å².